The van der Waals surface area contributed by atoms with Crippen molar-refractivity contribution in [2.45, 2.75) is 33.1 Å². The van der Waals surface area contributed by atoms with Crippen molar-refractivity contribution in [3.05, 3.63) is 148 Å². The minimum Gasteiger partial charge on any atom is -0.485 e. The molecule has 0 radical (unpaired) electrons. The molecular weight excluding hydrogens is 573 g/mol. The number of thiophene rings is 1. The summed E-state index contributed by atoms with van der Waals surface area (Å²) in [5, 5.41) is 9.34. The Morgan fingerprint density at radius 3 is 2.30 bits per heavy atom. The van der Waals surface area contributed by atoms with E-state index in [1.54, 1.807) is 29.0 Å². The molecule has 6 aromatic rings. The highest BCUT2D eigenvalue weighted by molar-refractivity contribution is 7.18. The lowest BCUT2D eigenvalue weighted by Gasteiger charge is -2.18. The van der Waals surface area contributed by atoms with Crippen LogP contribution in [-0.4, -0.2) is 19.6 Å². The number of benzene rings is 3. The summed E-state index contributed by atoms with van der Waals surface area (Å²) in [6.07, 6.45) is 2.31. The number of pyridine rings is 1. The number of hydrogen-bond donors (Lipinski definition) is 1. The minimum atomic E-state index is -0.521. The maximum absolute atomic E-state index is 15.3. The van der Waals surface area contributed by atoms with Gasteiger partial charge in [-0.05, 0) is 54.8 Å². The first-order valence-electron chi connectivity index (χ1n) is 14.3. The number of hydrogen-bond acceptors (Lipinski definition) is 6. The maximum Gasteiger partial charge on any atom is 0.262 e. The first-order chi connectivity index (χ1) is 21.5. The Hall–Kier alpha value is -4.92. The molecule has 44 heavy (non-hydrogen) atoms. The highest BCUT2D eigenvalue weighted by Crippen LogP contribution is 2.36. The molecule has 0 unspecified atom stereocenters. The van der Waals surface area contributed by atoms with Gasteiger partial charge < -0.3 is 9.84 Å². The lowest BCUT2D eigenvalue weighted by molar-refractivity contribution is 0.277. The smallest absolute Gasteiger partial charge is 0.262 e. The SMILES string of the molecule is Cc1nc(-c2cccc(F)c2OCc2ccccc2)n(CCc2ccccc2)c(=O)c1-c1ccc(-c2ccc(CO)nc2)s1. The number of halogens is 1. The number of para-hydroxylation sites is 1. The van der Waals surface area contributed by atoms with Gasteiger partial charge in [0.15, 0.2) is 11.6 Å². The van der Waals surface area contributed by atoms with Crippen molar-refractivity contribution >= 4 is 11.3 Å². The largest absolute Gasteiger partial charge is 0.485 e. The van der Waals surface area contributed by atoms with Crippen molar-refractivity contribution < 1.29 is 14.2 Å². The summed E-state index contributed by atoms with van der Waals surface area (Å²) < 4.78 is 23.0. The van der Waals surface area contributed by atoms with Gasteiger partial charge in [-0.3, -0.25) is 14.3 Å². The standard InChI is InChI=1S/C36H30FN3O3S/c1-24-33(32-18-17-31(44-32)27-15-16-28(22-41)38-21-27)36(42)40(20-19-25-9-4-2-5-10-25)35(39-24)29-13-8-14-30(37)34(29)43-23-26-11-6-3-7-12-26/h2-18,21,41H,19-20,22-23H2,1H3. The van der Waals surface area contributed by atoms with Crippen LogP contribution in [0.25, 0.3) is 32.3 Å². The van der Waals surface area contributed by atoms with Crippen LogP contribution in [0.3, 0.4) is 0 Å². The molecule has 0 aliphatic heterocycles. The highest BCUT2D eigenvalue weighted by Gasteiger charge is 2.22. The van der Waals surface area contributed by atoms with Gasteiger partial charge >= 0.3 is 0 Å². The molecule has 3 aromatic carbocycles. The number of nitrogens with zero attached hydrogens (tertiary/aromatic N) is 3. The molecule has 1 N–H and O–H groups in total. The second-order valence-corrected chi connectivity index (χ2v) is 11.4. The summed E-state index contributed by atoms with van der Waals surface area (Å²) in [6, 6.07) is 31.8. The molecule has 0 aliphatic rings. The van der Waals surface area contributed by atoms with Crippen LogP contribution < -0.4 is 10.3 Å². The minimum absolute atomic E-state index is 0.0566. The van der Waals surface area contributed by atoms with Gasteiger partial charge in [-0.1, -0.05) is 72.8 Å². The number of aliphatic hydroxyl groups excluding tert-OH is 1. The molecule has 6 rings (SSSR count). The van der Waals surface area contributed by atoms with E-state index >= 15 is 4.39 Å². The molecule has 3 aromatic heterocycles. The molecule has 0 aliphatic carbocycles. The van der Waals surface area contributed by atoms with Crippen LogP contribution >= 0.6 is 11.3 Å². The van der Waals surface area contributed by atoms with Crippen molar-refractivity contribution in [1.29, 1.82) is 0 Å². The van der Waals surface area contributed by atoms with Crippen LogP contribution in [0.1, 0.15) is 22.5 Å². The van der Waals surface area contributed by atoms with E-state index < -0.39 is 5.82 Å². The first kappa shape index (κ1) is 29.2. The van der Waals surface area contributed by atoms with E-state index in [-0.39, 0.29) is 24.5 Å². The summed E-state index contributed by atoms with van der Waals surface area (Å²) >= 11 is 1.48. The molecule has 0 bridgehead atoms. The zero-order chi connectivity index (χ0) is 30.5. The molecular formula is C36H30FN3O3S. The molecule has 220 valence electrons. The third-order valence-corrected chi connectivity index (χ3v) is 8.53. The fourth-order valence-electron chi connectivity index (χ4n) is 5.10. The number of rotatable bonds is 10. The second-order valence-electron chi connectivity index (χ2n) is 10.3. The number of aryl methyl sites for hydroxylation is 2. The maximum atomic E-state index is 15.3. The Kier molecular flexibility index (Phi) is 8.72. The molecule has 0 amide bonds. The van der Waals surface area contributed by atoms with Crippen LogP contribution in [0.15, 0.2) is 114 Å². The Balaban J connectivity index is 1.44. The third-order valence-electron chi connectivity index (χ3n) is 7.37. The molecule has 0 atom stereocenters. The van der Waals surface area contributed by atoms with Crippen molar-refractivity contribution in [1.82, 2.24) is 14.5 Å². The molecule has 0 saturated heterocycles. The van der Waals surface area contributed by atoms with Gasteiger partial charge in [-0.2, -0.15) is 0 Å². The van der Waals surface area contributed by atoms with Crippen LogP contribution in [0.2, 0.25) is 0 Å². The summed E-state index contributed by atoms with van der Waals surface area (Å²) in [6.45, 7) is 2.20. The summed E-state index contributed by atoms with van der Waals surface area (Å²) in [5.74, 6) is -0.107. The quantitative estimate of drug-likeness (QED) is 0.176. The van der Waals surface area contributed by atoms with E-state index in [1.807, 2.05) is 85.8 Å². The van der Waals surface area contributed by atoms with E-state index in [0.29, 0.717) is 41.3 Å². The van der Waals surface area contributed by atoms with Crippen molar-refractivity contribution in [2.24, 2.45) is 0 Å². The van der Waals surface area contributed by atoms with E-state index in [2.05, 4.69) is 4.98 Å². The van der Waals surface area contributed by atoms with Crippen molar-refractivity contribution in [3.8, 4) is 38.0 Å². The highest BCUT2D eigenvalue weighted by atomic mass is 32.1. The predicted molar refractivity (Wildman–Crippen MR) is 172 cm³/mol. The topological polar surface area (TPSA) is 77.2 Å². The molecule has 0 fully saturated rings. The second kappa shape index (κ2) is 13.2. The molecule has 3 heterocycles. The average Bonchev–Trinajstić information content (AvgIpc) is 3.54. The Morgan fingerprint density at radius 1 is 0.864 bits per heavy atom. The van der Waals surface area contributed by atoms with E-state index in [4.69, 9.17) is 9.72 Å². The van der Waals surface area contributed by atoms with Crippen molar-refractivity contribution in [3.63, 3.8) is 0 Å². The van der Waals surface area contributed by atoms with Crippen LogP contribution in [0, 0.1) is 12.7 Å². The number of aromatic nitrogens is 3. The van der Waals surface area contributed by atoms with Gasteiger partial charge in [-0.25, -0.2) is 9.37 Å². The Labute approximate surface area is 258 Å². The zero-order valence-electron chi connectivity index (χ0n) is 24.1. The zero-order valence-corrected chi connectivity index (χ0v) is 24.9. The van der Waals surface area contributed by atoms with Gasteiger partial charge in [0, 0.05) is 28.1 Å². The first-order valence-corrected chi connectivity index (χ1v) is 15.1. The molecule has 8 heteroatoms. The summed E-state index contributed by atoms with van der Waals surface area (Å²) in [4.78, 5) is 25.3. The predicted octanol–water partition coefficient (Wildman–Crippen LogP) is 7.46. The van der Waals surface area contributed by atoms with Gasteiger partial charge in [0.1, 0.15) is 12.4 Å². The molecule has 0 spiro atoms. The van der Waals surface area contributed by atoms with Gasteiger partial charge in [0.05, 0.1) is 29.1 Å². The Bertz CT molecular complexity index is 1940. The fourth-order valence-corrected chi connectivity index (χ4v) is 6.18. The van der Waals surface area contributed by atoms with E-state index in [1.165, 1.54) is 17.4 Å². The summed E-state index contributed by atoms with van der Waals surface area (Å²) in [7, 11) is 0. The Morgan fingerprint density at radius 2 is 1.59 bits per heavy atom. The van der Waals surface area contributed by atoms with Crippen LogP contribution in [0.4, 0.5) is 4.39 Å². The number of aliphatic hydroxyl groups is 1. The molecule has 6 nitrogen and oxygen atoms in total. The van der Waals surface area contributed by atoms with Crippen LogP contribution in [0.5, 0.6) is 5.75 Å². The van der Waals surface area contributed by atoms with E-state index in [9.17, 15) is 9.90 Å². The lowest BCUT2D eigenvalue weighted by Crippen LogP contribution is -2.27. The monoisotopic (exact) mass is 603 g/mol. The number of ether oxygens (including phenoxy) is 1. The van der Waals surface area contributed by atoms with Gasteiger partial charge in [-0.15, -0.1) is 11.3 Å². The van der Waals surface area contributed by atoms with Gasteiger partial charge in [0.25, 0.3) is 5.56 Å². The third kappa shape index (κ3) is 6.22. The van der Waals surface area contributed by atoms with Gasteiger partial charge in [0.2, 0.25) is 0 Å². The van der Waals surface area contributed by atoms with Crippen LogP contribution in [-0.2, 0) is 26.2 Å². The van der Waals surface area contributed by atoms with E-state index in [0.717, 1.165) is 26.4 Å². The fraction of sp³-hybridized carbons (Fsp3) is 0.139. The normalized spacial score (nSPS) is 11.1. The molecule has 0 saturated carbocycles. The summed E-state index contributed by atoms with van der Waals surface area (Å²) in [5.41, 5.74) is 4.72. The van der Waals surface area contributed by atoms with Crippen molar-refractivity contribution in [2.75, 3.05) is 0 Å². The lowest BCUT2D eigenvalue weighted by atomic mass is 10.1. The average molecular weight is 604 g/mol.